The zero-order valence-corrected chi connectivity index (χ0v) is 16.8. The Morgan fingerprint density at radius 1 is 0.643 bits per heavy atom. The zero-order valence-electron chi connectivity index (χ0n) is 16.8. The van der Waals surface area contributed by atoms with Crippen LogP contribution in [0.2, 0.25) is 0 Å². The van der Waals surface area contributed by atoms with Crippen LogP contribution < -0.4 is 0 Å². The van der Waals surface area contributed by atoms with Crippen molar-refractivity contribution in [3.8, 4) is 22.3 Å². The van der Waals surface area contributed by atoms with Gasteiger partial charge in [0.2, 0.25) is 0 Å². The van der Waals surface area contributed by atoms with E-state index in [1.54, 1.807) is 16.7 Å². The Kier molecular flexibility index (Phi) is 3.21. The molecule has 4 aromatic rings. The normalized spacial score (nSPS) is 13.6. The van der Waals surface area contributed by atoms with Crippen LogP contribution in [0.25, 0.3) is 33.0 Å². The third-order valence-electron chi connectivity index (χ3n) is 6.87. The first-order valence-electron chi connectivity index (χ1n) is 10.4. The highest BCUT2D eigenvalue weighted by atomic mass is 14.3. The van der Waals surface area contributed by atoms with E-state index in [1.165, 1.54) is 49.7 Å². The lowest BCUT2D eigenvalue weighted by atomic mass is 9.89. The van der Waals surface area contributed by atoms with Gasteiger partial charge in [0.25, 0.3) is 0 Å². The minimum Gasteiger partial charge on any atom is -0.0619 e. The van der Waals surface area contributed by atoms with Crippen molar-refractivity contribution in [2.75, 3.05) is 0 Å². The molecule has 0 nitrogen and oxygen atoms in total. The van der Waals surface area contributed by atoms with Crippen molar-refractivity contribution in [1.82, 2.24) is 0 Å². The lowest BCUT2D eigenvalue weighted by molar-refractivity contribution is 0.842. The van der Waals surface area contributed by atoms with Crippen LogP contribution in [0.4, 0.5) is 0 Å². The Morgan fingerprint density at radius 3 is 2.07 bits per heavy atom. The summed E-state index contributed by atoms with van der Waals surface area (Å²) in [5.41, 5.74) is 14.9. The molecule has 136 valence electrons. The largest absolute Gasteiger partial charge is 0.0619 e. The standard InChI is InChI=1S/C28H24/c1-16(2)27-17(3)8-11-22-23-13-10-18-9-12-21-20-7-5-4-6-19(20)14-24(21)28(18)26(23)15-25(22)27/h4-13,16H,14-15H2,1-3H3. The van der Waals surface area contributed by atoms with Crippen LogP contribution in [0.5, 0.6) is 0 Å². The molecule has 0 N–H and O–H groups in total. The molecule has 0 saturated carbocycles. The Hall–Kier alpha value is -2.86. The fraction of sp³-hybridized carbons (Fsp3) is 0.214. The molecule has 0 fully saturated rings. The molecule has 0 atom stereocenters. The quantitative estimate of drug-likeness (QED) is 0.286. The molecule has 0 bridgehead atoms. The molecule has 0 radical (unpaired) electrons. The molecule has 2 aliphatic carbocycles. The highest BCUT2D eigenvalue weighted by Crippen LogP contribution is 2.48. The Balaban J connectivity index is 1.65. The minimum absolute atomic E-state index is 0.561. The maximum absolute atomic E-state index is 2.36. The molecule has 0 spiro atoms. The van der Waals surface area contributed by atoms with Gasteiger partial charge in [-0.3, -0.25) is 0 Å². The minimum atomic E-state index is 0.561. The van der Waals surface area contributed by atoms with E-state index in [0.29, 0.717) is 5.92 Å². The number of aryl methyl sites for hydroxylation is 1. The summed E-state index contributed by atoms with van der Waals surface area (Å²) >= 11 is 0. The summed E-state index contributed by atoms with van der Waals surface area (Å²) in [6.07, 6.45) is 2.13. The van der Waals surface area contributed by atoms with Gasteiger partial charge < -0.3 is 0 Å². The van der Waals surface area contributed by atoms with Crippen LogP contribution in [0.1, 0.15) is 53.1 Å². The van der Waals surface area contributed by atoms with Gasteiger partial charge in [0.05, 0.1) is 0 Å². The smallest absolute Gasteiger partial charge is 0.000424 e. The second kappa shape index (κ2) is 5.58. The molecule has 0 heteroatoms. The van der Waals surface area contributed by atoms with Crippen LogP contribution in [-0.2, 0) is 12.8 Å². The van der Waals surface area contributed by atoms with Gasteiger partial charge in [-0.1, -0.05) is 74.5 Å². The topological polar surface area (TPSA) is 0 Å². The Bertz CT molecular complexity index is 1290. The average molecular weight is 361 g/mol. The van der Waals surface area contributed by atoms with Crippen LogP contribution in [-0.4, -0.2) is 0 Å². The summed E-state index contributed by atoms with van der Waals surface area (Å²) < 4.78 is 0. The molecular formula is C28H24. The zero-order chi connectivity index (χ0) is 19.0. The molecule has 4 aromatic carbocycles. The highest BCUT2D eigenvalue weighted by Gasteiger charge is 2.28. The van der Waals surface area contributed by atoms with Crippen molar-refractivity contribution in [2.24, 2.45) is 0 Å². The van der Waals surface area contributed by atoms with Crippen molar-refractivity contribution in [3.63, 3.8) is 0 Å². The Labute approximate surface area is 166 Å². The number of benzene rings is 4. The van der Waals surface area contributed by atoms with Gasteiger partial charge in [-0.05, 0) is 92.1 Å². The maximum Gasteiger partial charge on any atom is -0.000424 e. The Morgan fingerprint density at radius 2 is 1.29 bits per heavy atom. The van der Waals surface area contributed by atoms with E-state index >= 15 is 0 Å². The van der Waals surface area contributed by atoms with Gasteiger partial charge in [0, 0.05) is 0 Å². The summed E-state index contributed by atoms with van der Waals surface area (Å²) in [5, 5.41) is 2.90. The summed E-state index contributed by atoms with van der Waals surface area (Å²) in [5.74, 6) is 0.561. The second-order valence-electron chi connectivity index (χ2n) is 8.77. The van der Waals surface area contributed by atoms with Crippen LogP contribution in [0.15, 0.2) is 60.7 Å². The number of fused-ring (bicyclic) bond motifs is 9. The van der Waals surface area contributed by atoms with Crippen molar-refractivity contribution in [2.45, 2.75) is 39.5 Å². The molecule has 6 rings (SSSR count). The van der Waals surface area contributed by atoms with Crippen molar-refractivity contribution >= 4 is 10.8 Å². The van der Waals surface area contributed by atoms with E-state index in [0.717, 1.165) is 12.8 Å². The monoisotopic (exact) mass is 360 g/mol. The van der Waals surface area contributed by atoms with Gasteiger partial charge in [-0.15, -0.1) is 0 Å². The fourth-order valence-corrected chi connectivity index (χ4v) is 5.77. The van der Waals surface area contributed by atoms with Crippen LogP contribution in [0, 0.1) is 6.92 Å². The third-order valence-corrected chi connectivity index (χ3v) is 6.87. The molecule has 2 aliphatic rings. The first-order valence-corrected chi connectivity index (χ1v) is 10.4. The van der Waals surface area contributed by atoms with E-state index in [9.17, 15) is 0 Å². The molecule has 0 unspecified atom stereocenters. The van der Waals surface area contributed by atoms with Gasteiger partial charge in [-0.25, -0.2) is 0 Å². The summed E-state index contributed by atoms with van der Waals surface area (Å²) in [4.78, 5) is 0. The van der Waals surface area contributed by atoms with Gasteiger partial charge in [-0.2, -0.15) is 0 Å². The number of hydrogen-bond acceptors (Lipinski definition) is 0. The third kappa shape index (κ3) is 2.01. The van der Waals surface area contributed by atoms with Crippen molar-refractivity contribution in [3.05, 3.63) is 94.0 Å². The molecule has 0 amide bonds. The maximum atomic E-state index is 2.36. The van der Waals surface area contributed by atoms with E-state index in [-0.39, 0.29) is 0 Å². The summed E-state index contributed by atoms with van der Waals surface area (Å²) in [6, 6.07) is 22.9. The summed E-state index contributed by atoms with van der Waals surface area (Å²) in [7, 11) is 0. The number of rotatable bonds is 1. The average Bonchev–Trinajstić information content (AvgIpc) is 3.25. The first-order chi connectivity index (χ1) is 13.6. The molecule has 0 aliphatic heterocycles. The lowest BCUT2D eigenvalue weighted by Crippen LogP contribution is -1.99. The molecule has 28 heavy (non-hydrogen) atoms. The fourth-order valence-electron chi connectivity index (χ4n) is 5.77. The highest BCUT2D eigenvalue weighted by molar-refractivity contribution is 6.02. The van der Waals surface area contributed by atoms with Crippen LogP contribution >= 0.6 is 0 Å². The van der Waals surface area contributed by atoms with Crippen molar-refractivity contribution in [1.29, 1.82) is 0 Å². The number of hydrogen-bond donors (Lipinski definition) is 0. The van der Waals surface area contributed by atoms with E-state index in [2.05, 4.69) is 81.4 Å². The lowest BCUT2D eigenvalue weighted by Gasteiger charge is -2.15. The second-order valence-corrected chi connectivity index (χ2v) is 8.77. The van der Waals surface area contributed by atoms with E-state index in [4.69, 9.17) is 0 Å². The van der Waals surface area contributed by atoms with Gasteiger partial charge >= 0.3 is 0 Å². The van der Waals surface area contributed by atoms with Crippen LogP contribution in [0.3, 0.4) is 0 Å². The molecule has 0 aromatic heterocycles. The van der Waals surface area contributed by atoms with Gasteiger partial charge in [0.1, 0.15) is 0 Å². The van der Waals surface area contributed by atoms with E-state index in [1.807, 2.05) is 0 Å². The molecular weight excluding hydrogens is 336 g/mol. The van der Waals surface area contributed by atoms with E-state index < -0.39 is 0 Å². The van der Waals surface area contributed by atoms with Gasteiger partial charge in [0.15, 0.2) is 0 Å². The predicted molar refractivity (Wildman–Crippen MR) is 119 cm³/mol. The SMILES string of the molecule is Cc1ccc2c(c1C(C)C)Cc1c-2ccc2ccc3c(c12)Cc1ccccc1-3. The first kappa shape index (κ1) is 16.1. The molecule has 0 saturated heterocycles. The summed E-state index contributed by atoms with van der Waals surface area (Å²) in [6.45, 7) is 6.93. The van der Waals surface area contributed by atoms with Crippen molar-refractivity contribution < 1.29 is 0 Å². The predicted octanol–water partition coefficient (Wildman–Crippen LogP) is 7.41. The molecule has 0 heterocycles.